The average molecular weight is 902 g/mol. The number of unbranched alkanes of at least 4 members (excludes halogenated alkanes) is 16. The van der Waals surface area contributed by atoms with Gasteiger partial charge in [0.2, 0.25) is 5.91 Å². The zero-order valence-electron chi connectivity index (χ0n) is 39.5. The Balaban J connectivity index is 2.70. The number of amides is 2. The van der Waals surface area contributed by atoms with Crippen LogP contribution >= 0.6 is 21.6 Å². The summed E-state index contributed by atoms with van der Waals surface area (Å²) >= 11 is 0. The monoisotopic (exact) mass is 902 g/mol. The fraction of sp³-hybridized carbons (Fsp3) is 0.917. The Bertz CT molecular complexity index is 1020. The molecule has 1 saturated heterocycles. The predicted octanol–water partition coefficient (Wildman–Crippen LogP) is 11.4. The highest BCUT2D eigenvalue weighted by Crippen LogP contribution is 2.23. The molecule has 1 aliphatic heterocycles. The molecule has 61 heavy (non-hydrogen) atoms. The Labute approximate surface area is 381 Å². The Morgan fingerprint density at radius 2 is 1.00 bits per heavy atom. The molecule has 0 spiro atoms. The summed E-state index contributed by atoms with van der Waals surface area (Å²) in [7, 11) is 3.23. The molecule has 0 aromatic heterocycles. The van der Waals surface area contributed by atoms with Gasteiger partial charge in [-0.05, 0) is 25.7 Å². The van der Waals surface area contributed by atoms with Crippen molar-refractivity contribution in [2.75, 3.05) is 83.8 Å². The SMILES string of the molecule is CCCCCCCCC(CCCCCC)C(=O)OCCN(CCOC(=O)C(CCCCCC)CCCCCCCC)C(=O)OCCSSCCNC(=O)CCN1CCOCC1. The summed E-state index contributed by atoms with van der Waals surface area (Å²) in [6, 6.07) is 0. The summed E-state index contributed by atoms with van der Waals surface area (Å²) < 4.78 is 22.7. The van der Waals surface area contributed by atoms with Crippen LogP contribution < -0.4 is 5.32 Å². The number of esters is 2. The fourth-order valence-corrected chi connectivity index (χ4v) is 9.29. The van der Waals surface area contributed by atoms with Gasteiger partial charge in [-0.15, -0.1) is 0 Å². The standard InChI is InChI=1S/C48H91N3O8S2/c1-5-9-13-17-19-23-27-43(25-21-15-11-7-3)46(53)57-38-34-51(35-39-58-47(54)44(26-22-16-12-8-4)28-24-20-18-14-10-6-2)48(55)59-40-42-61-60-41-30-49-45(52)29-31-50-32-36-56-37-33-50/h43-44H,5-42H2,1-4H3,(H,49,52). The van der Waals surface area contributed by atoms with Gasteiger partial charge in [-0.1, -0.05) is 178 Å². The highest BCUT2D eigenvalue weighted by atomic mass is 33.1. The second-order valence-corrected chi connectivity index (χ2v) is 19.5. The quantitative estimate of drug-likeness (QED) is 0.0272. The van der Waals surface area contributed by atoms with Crippen LogP contribution in [0.3, 0.4) is 0 Å². The first-order chi connectivity index (χ1) is 29.9. The lowest BCUT2D eigenvalue weighted by Gasteiger charge is -2.26. The summed E-state index contributed by atoms with van der Waals surface area (Å²) in [4.78, 5) is 56.2. The molecule has 0 aliphatic carbocycles. The van der Waals surface area contributed by atoms with Crippen molar-refractivity contribution in [3.8, 4) is 0 Å². The first-order valence-corrected chi connectivity index (χ1v) is 27.4. The average Bonchev–Trinajstić information content (AvgIpc) is 3.27. The number of carbonyl (C=O) groups is 4. The zero-order chi connectivity index (χ0) is 44.4. The molecule has 11 nitrogen and oxygen atoms in total. The molecule has 2 atom stereocenters. The Morgan fingerprint density at radius 1 is 0.574 bits per heavy atom. The van der Waals surface area contributed by atoms with Crippen molar-refractivity contribution in [1.82, 2.24) is 15.1 Å². The van der Waals surface area contributed by atoms with Gasteiger partial charge in [-0.25, -0.2) is 4.79 Å². The third-order valence-corrected chi connectivity index (χ3v) is 13.9. The van der Waals surface area contributed by atoms with E-state index in [0.29, 0.717) is 18.7 Å². The fourth-order valence-electron chi connectivity index (χ4n) is 7.56. The molecule has 1 heterocycles. The second kappa shape index (κ2) is 42.3. The van der Waals surface area contributed by atoms with E-state index in [0.717, 1.165) is 128 Å². The summed E-state index contributed by atoms with van der Waals surface area (Å²) in [5, 5.41) is 2.99. The number of rotatable bonds is 42. The van der Waals surface area contributed by atoms with Crippen LogP contribution in [0.1, 0.15) is 188 Å². The van der Waals surface area contributed by atoms with E-state index in [2.05, 4.69) is 37.9 Å². The largest absolute Gasteiger partial charge is 0.464 e. The molecule has 1 rings (SSSR count). The Kier molecular flexibility index (Phi) is 39.7. The van der Waals surface area contributed by atoms with E-state index < -0.39 is 6.09 Å². The highest BCUT2D eigenvalue weighted by molar-refractivity contribution is 8.76. The third-order valence-electron chi connectivity index (χ3n) is 11.5. The first-order valence-electron chi connectivity index (χ1n) is 24.9. The van der Waals surface area contributed by atoms with Crippen LogP contribution in [-0.4, -0.2) is 118 Å². The second-order valence-electron chi connectivity index (χ2n) is 16.8. The lowest BCUT2D eigenvalue weighted by Crippen LogP contribution is -2.39. The van der Waals surface area contributed by atoms with E-state index in [4.69, 9.17) is 18.9 Å². The van der Waals surface area contributed by atoms with Gasteiger partial charge in [0.05, 0.1) is 38.1 Å². The number of ether oxygens (including phenoxy) is 4. The smallest absolute Gasteiger partial charge is 0.410 e. The lowest BCUT2D eigenvalue weighted by molar-refractivity contribution is -0.150. The summed E-state index contributed by atoms with van der Waals surface area (Å²) in [5.74, 6) is 0.811. The van der Waals surface area contributed by atoms with Gasteiger partial charge in [0, 0.05) is 44.1 Å². The molecule has 0 bridgehead atoms. The number of hydrogen-bond donors (Lipinski definition) is 1. The molecular weight excluding hydrogens is 811 g/mol. The maximum Gasteiger partial charge on any atom is 0.410 e. The maximum absolute atomic E-state index is 13.4. The molecule has 2 unspecified atom stereocenters. The van der Waals surface area contributed by atoms with E-state index in [1.807, 2.05) is 0 Å². The molecule has 0 saturated carbocycles. The van der Waals surface area contributed by atoms with Gasteiger partial charge in [-0.3, -0.25) is 19.3 Å². The van der Waals surface area contributed by atoms with Gasteiger partial charge < -0.3 is 29.2 Å². The van der Waals surface area contributed by atoms with E-state index in [1.165, 1.54) is 69.1 Å². The number of morpholine rings is 1. The molecule has 1 aliphatic rings. The van der Waals surface area contributed by atoms with Crippen molar-refractivity contribution in [1.29, 1.82) is 0 Å². The van der Waals surface area contributed by atoms with Crippen LogP contribution in [0.5, 0.6) is 0 Å². The van der Waals surface area contributed by atoms with Crippen LogP contribution in [0.25, 0.3) is 0 Å². The molecule has 0 aromatic carbocycles. The molecule has 0 radical (unpaired) electrons. The van der Waals surface area contributed by atoms with Crippen molar-refractivity contribution in [2.24, 2.45) is 11.8 Å². The van der Waals surface area contributed by atoms with Crippen LogP contribution in [0.15, 0.2) is 0 Å². The van der Waals surface area contributed by atoms with Crippen molar-refractivity contribution in [3.63, 3.8) is 0 Å². The molecule has 13 heteroatoms. The summed E-state index contributed by atoms with van der Waals surface area (Å²) in [5.41, 5.74) is 0. The Hall–Kier alpha value is -1.70. The highest BCUT2D eigenvalue weighted by Gasteiger charge is 2.23. The molecule has 1 N–H and O–H groups in total. The van der Waals surface area contributed by atoms with E-state index in [1.54, 1.807) is 21.6 Å². The van der Waals surface area contributed by atoms with Gasteiger partial charge in [0.15, 0.2) is 0 Å². The number of hydrogen-bond acceptors (Lipinski definition) is 11. The minimum Gasteiger partial charge on any atom is -0.464 e. The zero-order valence-corrected chi connectivity index (χ0v) is 41.1. The lowest BCUT2D eigenvalue weighted by atomic mass is 9.94. The molecule has 358 valence electrons. The Morgan fingerprint density at radius 3 is 1.48 bits per heavy atom. The van der Waals surface area contributed by atoms with E-state index in [-0.39, 0.29) is 62.6 Å². The van der Waals surface area contributed by atoms with E-state index in [9.17, 15) is 19.2 Å². The van der Waals surface area contributed by atoms with Crippen molar-refractivity contribution >= 4 is 45.5 Å². The third kappa shape index (κ3) is 33.5. The van der Waals surface area contributed by atoms with Crippen LogP contribution in [0.4, 0.5) is 4.79 Å². The molecule has 0 aromatic rings. The normalized spacial score (nSPS) is 14.0. The maximum atomic E-state index is 13.4. The minimum atomic E-state index is -0.503. The van der Waals surface area contributed by atoms with Gasteiger partial charge in [-0.2, -0.15) is 0 Å². The van der Waals surface area contributed by atoms with Crippen molar-refractivity contribution in [3.05, 3.63) is 0 Å². The van der Waals surface area contributed by atoms with Crippen LogP contribution in [-0.2, 0) is 33.3 Å². The van der Waals surface area contributed by atoms with Gasteiger partial charge in [0.25, 0.3) is 0 Å². The predicted molar refractivity (Wildman–Crippen MR) is 255 cm³/mol. The number of nitrogens with one attached hydrogen (secondary N) is 1. The van der Waals surface area contributed by atoms with Crippen LogP contribution in [0, 0.1) is 11.8 Å². The number of nitrogens with zero attached hydrogens (tertiary/aromatic N) is 2. The van der Waals surface area contributed by atoms with Crippen LogP contribution in [0.2, 0.25) is 0 Å². The van der Waals surface area contributed by atoms with E-state index >= 15 is 0 Å². The number of carbonyl (C=O) groups excluding carboxylic acids is 4. The van der Waals surface area contributed by atoms with Gasteiger partial charge >= 0.3 is 18.0 Å². The molecule has 1 fully saturated rings. The molecule has 2 amide bonds. The minimum absolute atomic E-state index is 0.0584. The summed E-state index contributed by atoms with van der Waals surface area (Å²) in [6.07, 6.45) is 26.5. The topological polar surface area (TPSA) is 124 Å². The van der Waals surface area contributed by atoms with Crippen molar-refractivity contribution in [2.45, 2.75) is 188 Å². The van der Waals surface area contributed by atoms with Gasteiger partial charge in [0.1, 0.15) is 19.8 Å². The molecular formula is C48H91N3O8S2. The first kappa shape index (κ1) is 57.3. The van der Waals surface area contributed by atoms with Crippen molar-refractivity contribution < 1.29 is 38.1 Å². The summed E-state index contributed by atoms with van der Waals surface area (Å²) in [6.45, 7) is 14.1.